The van der Waals surface area contributed by atoms with Crippen molar-refractivity contribution in [2.24, 2.45) is 5.92 Å². The van der Waals surface area contributed by atoms with Crippen molar-refractivity contribution >= 4 is 34.0 Å². The molecule has 0 unspecified atom stereocenters. The summed E-state index contributed by atoms with van der Waals surface area (Å²) in [5.74, 6) is -0.724. The van der Waals surface area contributed by atoms with Gasteiger partial charge in [-0.15, -0.1) is 0 Å². The van der Waals surface area contributed by atoms with E-state index in [1.165, 1.54) is 11.3 Å². The number of alkyl halides is 1. The number of thiazole rings is 1. The summed E-state index contributed by atoms with van der Waals surface area (Å²) < 4.78 is 14.3. The first-order valence-electron chi connectivity index (χ1n) is 6.70. The van der Waals surface area contributed by atoms with Crippen LogP contribution in [0.2, 0.25) is 5.15 Å². The molecule has 0 bridgehead atoms. The maximum Gasteiger partial charge on any atom is 0.263 e. The van der Waals surface area contributed by atoms with Crippen LogP contribution in [0.4, 0.5) is 9.52 Å². The van der Waals surface area contributed by atoms with E-state index in [1.807, 2.05) is 26.8 Å². The quantitative estimate of drug-likeness (QED) is 0.909. The molecule has 1 aromatic heterocycles. The zero-order valence-corrected chi connectivity index (χ0v) is 13.7. The summed E-state index contributed by atoms with van der Waals surface area (Å²) in [4.78, 5) is 16.9. The van der Waals surface area contributed by atoms with Gasteiger partial charge in [-0.3, -0.25) is 10.1 Å². The Morgan fingerprint density at radius 3 is 2.71 bits per heavy atom. The van der Waals surface area contributed by atoms with Crippen LogP contribution < -0.4 is 5.32 Å². The molecule has 1 aliphatic rings. The van der Waals surface area contributed by atoms with Gasteiger partial charge in [-0.2, -0.15) is 5.26 Å². The van der Waals surface area contributed by atoms with Gasteiger partial charge in [0.1, 0.15) is 5.15 Å². The van der Waals surface area contributed by atoms with Crippen LogP contribution >= 0.6 is 22.9 Å². The number of halogens is 2. The lowest BCUT2D eigenvalue weighted by atomic mass is 9.70. The minimum Gasteiger partial charge on any atom is -0.299 e. The lowest BCUT2D eigenvalue weighted by Gasteiger charge is -2.38. The van der Waals surface area contributed by atoms with Crippen LogP contribution in [0.3, 0.4) is 0 Å². The molecule has 0 saturated heterocycles. The fourth-order valence-corrected chi connectivity index (χ4v) is 3.78. The van der Waals surface area contributed by atoms with Crippen molar-refractivity contribution in [3.63, 3.8) is 0 Å². The normalized spacial score (nSPS) is 25.0. The van der Waals surface area contributed by atoms with Crippen molar-refractivity contribution in [2.45, 2.75) is 51.1 Å². The standard InChI is InChI=1S/C14H17ClFN3OS/c1-13(2,3)9-10(15)18-12(21-9)19-11(20)14(16)6-8(7-14)4-5-17/h8H,4,6-7H2,1-3H3,(H,18,19,20). The summed E-state index contributed by atoms with van der Waals surface area (Å²) in [5.41, 5.74) is -2.07. The smallest absolute Gasteiger partial charge is 0.263 e. The number of rotatable bonds is 3. The zero-order valence-electron chi connectivity index (χ0n) is 12.2. The third-order valence-electron chi connectivity index (χ3n) is 3.50. The average molecular weight is 330 g/mol. The molecular formula is C14H17ClFN3OS. The Kier molecular flexibility index (Phi) is 4.27. The van der Waals surface area contributed by atoms with Gasteiger partial charge in [0.15, 0.2) is 10.8 Å². The van der Waals surface area contributed by atoms with E-state index in [2.05, 4.69) is 10.3 Å². The zero-order chi connectivity index (χ0) is 15.8. The molecule has 0 radical (unpaired) electrons. The Morgan fingerprint density at radius 2 is 2.24 bits per heavy atom. The number of carbonyl (C=O) groups is 1. The van der Waals surface area contributed by atoms with Crippen LogP contribution in [0.25, 0.3) is 0 Å². The second-order valence-electron chi connectivity index (χ2n) is 6.44. The Labute approximate surface area is 132 Å². The van der Waals surface area contributed by atoms with E-state index in [0.29, 0.717) is 10.3 Å². The van der Waals surface area contributed by atoms with Crippen molar-refractivity contribution in [3.05, 3.63) is 10.0 Å². The maximum atomic E-state index is 14.3. The van der Waals surface area contributed by atoms with Gasteiger partial charge >= 0.3 is 0 Å². The number of nitrogens with one attached hydrogen (secondary N) is 1. The maximum absolute atomic E-state index is 14.3. The van der Waals surface area contributed by atoms with Crippen LogP contribution in [-0.2, 0) is 10.2 Å². The Morgan fingerprint density at radius 1 is 1.62 bits per heavy atom. The third-order valence-corrected chi connectivity index (χ3v) is 5.28. The second-order valence-corrected chi connectivity index (χ2v) is 7.80. The van der Waals surface area contributed by atoms with Gasteiger partial charge in [-0.1, -0.05) is 43.7 Å². The monoisotopic (exact) mass is 329 g/mol. The van der Waals surface area contributed by atoms with E-state index >= 15 is 0 Å². The summed E-state index contributed by atoms with van der Waals surface area (Å²) >= 11 is 7.32. The Hall–Kier alpha value is -1.19. The van der Waals surface area contributed by atoms with Crippen molar-refractivity contribution in [3.8, 4) is 6.07 Å². The van der Waals surface area contributed by atoms with Crippen LogP contribution in [0.1, 0.15) is 44.9 Å². The van der Waals surface area contributed by atoms with Crippen molar-refractivity contribution in [1.29, 1.82) is 5.26 Å². The molecule has 4 nitrogen and oxygen atoms in total. The third kappa shape index (κ3) is 3.35. The number of carbonyl (C=O) groups excluding carboxylic acids is 1. The van der Waals surface area contributed by atoms with E-state index in [9.17, 15) is 9.18 Å². The number of aromatic nitrogens is 1. The molecule has 1 N–H and O–H groups in total. The fourth-order valence-electron chi connectivity index (χ4n) is 2.34. The van der Waals surface area contributed by atoms with E-state index in [1.54, 1.807) is 0 Å². The number of hydrogen-bond donors (Lipinski definition) is 1. The molecule has 1 fully saturated rings. The van der Waals surface area contributed by atoms with Gasteiger partial charge in [0.05, 0.1) is 10.9 Å². The molecule has 1 amide bonds. The number of anilines is 1. The highest BCUT2D eigenvalue weighted by Gasteiger charge is 2.51. The molecule has 1 saturated carbocycles. The van der Waals surface area contributed by atoms with E-state index < -0.39 is 11.6 Å². The van der Waals surface area contributed by atoms with Crippen LogP contribution in [0, 0.1) is 17.2 Å². The first-order chi connectivity index (χ1) is 9.65. The first kappa shape index (κ1) is 16.2. The van der Waals surface area contributed by atoms with Gasteiger partial charge in [0, 0.05) is 6.42 Å². The summed E-state index contributed by atoms with van der Waals surface area (Å²) in [6.07, 6.45) is 0.478. The van der Waals surface area contributed by atoms with Crippen LogP contribution in [-0.4, -0.2) is 16.6 Å². The van der Waals surface area contributed by atoms with Crippen molar-refractivity contribution in [2.75, 3.05) is 5.32 Å². The molecule has 1 aliphatic carbocycles. The van der Waals surface area contributed by atoms with E-state index in [4.69, 9.17) is 16.9 Å². The lowest BCUT2D eigenvalue weighted by molar-refractivity contribution is -0.136. The molecular weight excluding hydrogens is 313 g/mol. The van der Waals surface area contributed by atoms with Crippen LogP contribution in [0.5, 0.6) is 0 Å². The lowest BCUT2D eigenvalue weighted by Crippen LogP contribution is -2.49. The highest BCUT2D eigenvalue weighted by Crippen LogP contribution is 2.44. The number of hydrogen-bond acceptors (Lipinski definition) is 4. The summed E-state index contributed by atoms with van der Waals surface area (Å²) in [5, 5.41) is 11.7. The topological polar surface area (TPSA) is 65.8 Å². The highest BCUT2D eigenvalue weighted by atomic mass is 35.5. The van der Waals surface area contributed by atoms with Gasteiger partial charge in [-0.25, -0.2) is 9.37 Å². The second kappa shape index (κ2) is 5.54. The van der Waals surface area contributed by atoms with Crippen molar-refractivity contribution < 1.29 is 9.18 Å². The predicted molar refractivity (Wildman–Crippen MR) is 81.2 cm³/mol. The molecule has 2 rings (SSSR count). The first-order valence-corrected chi connectivity index (χ1v) is 7.89. The molecule has 1 aromatic rings. The minimum atomic E-state index is -1.89. The molecule has 7 heteroatoms. The summed E-state index contributed by atoms with van der Waals surface area (Å²) in [6, 6.07) is 2.00. The molecule has 0 atom stereocenters. The van der Waals surface area contributed by atoms with Gasteiger partial charge in [0.2, 0.25) is 0 Å². The largest absolute Gasteiger partial charge is 0.299 e. The van der Waals surface area contributed by atoms with Gasteiger partial charge in [0.25, 0.3) is 5.91 Å². The number of nitriles is 1. The number of amides is 1. The van der Waals surface area contributed by atoms with Crippen molar-refractivity contribution in [1.82, 2.24) is 4.98 Å². The van der Waals surface area contributed by atoms with Gasteiger partial charge < -0.3 is 0 Å². The van der Waals surface area contributed by atoms with Crippen LogP contribution in [0.15, 0.2) is 0 Å². The molecule has 0 spiro atoms. The molecule has 1 heterocycles. The van der Waals surface area contributed by atoms with E-state index in [0.717, 1.165) is 4.88 Å². The van der Waals surface area contributed by atoms with Gasteiger partial charge in [-0.05, 0) is 24.2 Å². The Balaban J connectivity index is 2.03. The molecule has 114 valence electrons. The molecule has 21 heavy (non-hydrogen) atoms. The van der Waals surface area contributed by atoms with E-state index in [-0.39, 0.29) is 30.6 Å². The summed E-state index contributed by atoms with van der Waals surface area (Å²) in [7, 11) is 0. The summed E-state index contributed by atoms with van der Waals surface area (Å²) in [6.45, 7) is 5.98. The predicted octanol–water partition coefficient (Wildman–Crippen LogP) is 4.06. The molecule has 0 aliphatic heterocycles. The SMILES string of the molecule is CC(C)(C)c1sc(NC(=O)C2(F)CC(CC#N)C2)nc1Cl. The molecule has 0 aromatic carbocycles. The highest BCUT2D eigenvalue weighted by molar-refractivity contribution is 7.16. The minimum absolute atomic E-state index is 0.0317. The fraction of sp³-hybridized carbons (Fsp3) is 0.643. The number of nitrogens with zero attached hydrogens (tertiary/aromatic N) is 2. The Bertz CT molecular complexity index is 596. The average Bonchev–Trinajstić information content (AvgIpc) is 2.68.